The molecule has 0 bridgehead atoms. The van der Waals surface area contributed by atoms with Gasteiger partial charge in [-0.2, -0.15) is 0 Å². The molecule has 0 aliphatic heterocycles. The Kier molecular flexibility index (Phi) is 3.08. The summed E-state index contributed by atoms with van der Waals surface area (Å²) in [6.07, 6.45) is 0. The van der Waals surface area contributed by atoms with Crippen molar-refractivity contribution in [3.8, 4) is 0 Å². The number of carbonyl (C=O) groups is 1. The normalized spacial score (nSPS) is 10.7. The first-order valence-corrected chi connectivity index (χ1v) is 6.71. The fourth-order valence-electron chi connectivity index (χ4n) is 1.87. The number of amides is 1. The molecule has 100 valence electrons. The number of benzene rings is 2. The van der Waals surface area contributed by atoms with Crippen LogP contribution in [-0.2, 0) is 0 Å². The predicted octanol–water partition coefficient (Wildman–Crippen LogP) is 3.27. The minimum atomic E-state index is -0.467. The molecule has 0 fully saturated rings. The molecule has 6 heteroatoms. The number of carbonyl (C=O) groups excluding carboxylic acids is 1. The van der Waals surface area contributed by atoms with E-state index in [0.29, 0.717) is 5.69 Å². The highest BCUT2D eigenvalue weighted by molar-refractivity contribution is 7.16. The molecular weight excluding hydrogens is 277 g/mol. The molecular formula is C14H10FN3OS. The fraction of sp³-hybridized carbons (Fsp3) is 0. The summed E-state index contributed by atoms with van der Waals surface area (Å²) in [5.74, 6) is -0.837. The van der Waals surface area contributed by atoms with E-state index in [1.54, 1.807) is 11.6 Å². The number of thiazole rings is 1. The van der Waals surface area contributed by atoms with Gasteiger partial charge in [-0.25, -0.2) is 9.37 Å². The van der Waals surface area contributed by atoms with E-state index in [2.05, 4.69) is 10.3 Å². The molecule has 2 aromatic carbocycles. The van der Waals surface area contributed by atoms with Crippen LogP contribution in [0.5, 0.6) is 0 Å². The molecule has 4 nitrogen and oxygen atoms in total. The first-order valence-electron chi connectivity index (χ1n) is 5.83. The van der Waals surface area contributed by atoms with Gasteiger partial charge in [-0.1, -0.05) is 0 Å². The van der Waals surface area contributed by atoms with Crippen LogP contribution in [0.15, 0.2) is 41.9 Å². The third kappa shape index (κ3) is 2.33. The lowest BCUT2D eigenvalue weighted by Gasteiger charge is -2.07. The van der Waals surface area contributed by atoms with Crippen LogP contribution in [0.3, 0.4) is 0 Å². The number of nitrogens with one attached hydrogen (secondary N) is 1. The first-order chi connectivity index (χ1) is 9.63. The van der Waals surface area contributed by atoms with Gasteiger partial charge in [-0.15, -0.1) is 11.3 Å². The number of hydrogen-bond acceptors (Lipinski definition) is 4. The van der Waals surface area contributed by atoms with E-state index in [-0.39, 0.29) is 17.2 Å². The van der Waals surface area contributed by atoms with Crippen molar-refractivity contribution in [2.24, 2.45) is 0 Å². The highest BCUT2D eigenvalue weighted by atomic mass is 32.1. The van der Waals surface area contributed by atoms with Crippen LogP contribution in [0.25, 0.3) is 10.2 Å². The molecule has 0 spiro atoms. The molecule has 0 saturated heterocycles. The average Bonchev–Trinajstić information content (AvgIpc) is 2.85. The SMILES string of the molecule is Nc1cc(F)ccc1C(=O)Nc1ccc2ncsc2c1. The molecule has 0 atom stereocenters. The van der Waals surface area contributed by atoms with Gasteiger partial charge in [0.05, 0.1) is 21.3 Å². The maximum atomic E-state index is 13.0. The number of anilines is 2. The number of hydrogen-bond donors (Lipinski definition) is 2. The second-order valence-electron chi connectivity index (χ2n) is 4.22. The number of fused-ring (bicyclic) bond motifs is 1. The molecule has 0 unspecified atom stereocenters. The van der Waals surface area contributed by atoms with Crippen LogP contribution in [0.1, 0.15) is 10.4 Å². The lowest BCUT2D eigenvalue weighted by molar-refractivity contribution is 0.102. The Bertz CT molecular complexity index is 800. The van der Waals surface area contributed by atoms with Gasteiger partial charge in [0.2, 0.25) is 0 Å². The van der Waals surface area contributed by atoms with Gasteiger partial charge >= 0.3 is 0 Å². The summed E-state index contributed by atoms with van der Waals surface area (Å²) >= 11 is 1.49. The Labute approximate surface area is 118 Å². The fourth-order valence-corrected chi connectivity index (χ4v) is 2.59. The largest absolute Gasteiger partial charge is 0.398 e. The van der Waals surface area contributed by atoms with E-state index in [4.69, 9.17) is 5.73 Å². The molecule has 3 N–H and O–H groups in total. The van der Waals surface area contributed by atoms with E-state index >= 15 is 0 Å². The molecule has 3 rings (SSSR count). The predicted molar refractivity (Wildman–Crippen MR) is 78.4 cm³/mol. The van der Waals surface area contributed by atoms with Crippen LogP contribution in [0.2, 0.25) is 0 Å². The monoisotopic (exact) mass is 287 g/mol. The van der Waals surface area contributed by atoms with Gasteiger partial charge in [0.1, 0.15) is 5.82 Å². The Balaban J connectivity index is 1.87. The van der Waals surface area contributed by atoms with Gasteiger partial charge in [0.15, 0.2) is 0 Å². The standard InChI is InChI=1S/C14H10FN3OS/c15-8-1-3-10(11(16)5-8)14(19)18-9-2-4-12-13(6-9)20-7-17-12/h1-7H,16H2,(H,18,19). The minimum absolute atomic E-state index is 0.112. The van der Waals surface area contributed by atoms with E-state index in [1.807, 2.05) is 12.1 Å². The van der Waals surface area contributed by atoms with Crippen LogP contribution >= 0.6 is 11.3 Å². The van der Waals surface area contributed by atoms with E-state index in [9.17, 15) is 9.18 Å². The van der Waals surface area contributed by atoms with Crippen LogP contribution < -0.4 is 11.1 Å². The number of nitrogen functional groups attached to an aromatic ring is 1. The Morgan fingerprint density at radius 2 is 2.10 bits per heavy atom. The summed E-state index contributed by atoms with van der Waals surface area (Å²) in [4.78, 5) is 16.3. The zero-order valence-electron chi connectivity index (χ0n) is 10.3. The minimum Gasteiger partial charge on any atom is -0.398 e. The number of nitrogens with zero attached hydrogens (tertiary/aromatic N) is 1. The number of nitrogens with two attached hydrogens (primary N) is 1. The highest BCUT2D eigenvalue weighted by Crippen LogP contribution is 2.23. The topological polar surface area (TPSA) is 68.0 Å². The Hall–Kier alpha value is -2.47. The van der Waals surface area contributed by atoms with Gasteiger partial charge in [0, 0.05) is 11.4 Å². The summed E-state index contributed by atoms with van der Waals surface area (Å²) in [6, 6.07) is 9.13. The smallest absolute Gasteiger partial charge is 0.257 e. The summed E-state index contributed by atoms with van der Waals surface area (Å²) in [7, 11) is 0. The van der Waals surface area contributed by atoms with Crippen molar-refractivity contribution >= 4 is 38.8 Å². The highest BCUT2D eigenvalue weighted by Gasteiger charge is 2.11. The van der Waals surface area contributed by atoms with E-state index < -0.39 is 5.82 Å². The molecule has 0 aliphatic rings. The molecule has 3 aromatic rings. The third-order valence-electron chi connectivity index (χ3n) is 2.85. The average molecular weight is 287 g/mol. The van der Waals surface area contributed by atoms with Crippen molar-refractivity contribution in [2.45, 2.75) is 0 Å². The molecule has 1 heterocycles. The summed E-state index contributed by atoms with van der Waals surface area (Å²) in [6.45, 7) is 0. The number of rotatable bonds is 2. The molecule has 1 aromatic heterocycles. The zero-order valence-corrected chi connectivity index (χ0v) is 11.1. The molecule has 20 heavy (non-hydrogen) atoms. The summed E-state index contributed by atoms with van der Waals surface area (Å²) in [5, 5.41) is 2.74. The van der Waals surface area contributed by atoms with Gasteiger partial charge in [0.25, 0.3) is 5.91 Å². The Morgan fingerprint density at radius 1 is 1.25 bits per heavy atom. The van der Waals surface area contributed by atoms with Crippen molar-refractivity contribution in [3.63, 3.8) is 0 Å². The van der Waals surface area contributed by atoms with Crippen molar-refractivity contribution in [2.75, 3.05) is 11.1 Å². The lowest BCUT2D eigenvalue weighted by atomic mass is 10.1. The molecule has 1 amide bonds. The zero-order chi connectivity index (χ0) is 14.1. The van der Waals surface area contributed by atoms with Crippen molar-refractivity contribution in [1.82, 2.24) is 4.98 Å². The molecule has 0 radical (unpaired) electrons. The van der Waals surface area contributed by atoms with Gasteiger partial charge < -0.3 is 11.1 Å². The van der Waals surface area contributed by atoms with Crippen LogP contribution in [0.4, 0.5) is 15.8 Å². The Morgan fingerprint density at radius 3 is 2.90 bits per heavy atom. The van der Waals surface area contributed by atoms with Crippen molar-refractivity contribution in [1.29, 1.82) is 0 Å². The summed E-state index contributed by atoms with van der Waals surface area (Å²) < 4.78 is 13.9. The molecule has 0 saturated carbocycles. The second-order valence-corrected chi connectivity index (χ2v) is 5.11. The van der Waals surface area contributed by atoms with E-state index in [1.165, 1.54) is 23.5 Å². The number of halogens is 1. The van der Waals surface area contributed by atoms with Crippen molar-refractivity contribution in [3.05, 3.63) is 53.3 Å². The van der Waals surface area contributed by atoms with Crippen LogP contribution in [-0.4, -0.2) is 10.9 Å². The van der Waals surface area contributed by atoms with Gasteiger partial charge in [-0.3, -0.25) is 4.79 Å². The number of aromatic nitrogens is 1. The quantitative estimate of drug-likeness (QED) is 0.711. The van der Waals surface area contributed by atoms with E-state index in [0.717, 1.165) is 16.3 Å². The third-order valence-corrected chi connectivity index (χ3v) is 3.64. The lowest BCUT2D eigenvalue weighted by Crippen LogP contribution is -2.14. The van der Waals surface area contributed by atoms with Crippen molar-refractivity contribution < 1.29 is 9.18 Å². The van der Waals surface area contributed by atoms with Gasteiger partial charge in [-0.05, 0) is 36.4 Å². The maximum absolute atomic E-state index is 13.0. The molecule has 0 aliphatic carbocycles. The van der Waals surface area contributed by atoms with Crippen LogP contribution in [0, 0.1) is 5.82 Å². The maximum Gasteiger partial charge on any atom is 0.257 e. The first kappa shape index (κ1) is 12.6. The second kappa shape index (κ2) is 4.90. The summed E-state index contributed by atoms with van der Waals surface area (Å²) in [5.41, 5.74) is 9.28.